The van der Waals surface area contributed by atoms with E-state index >= 15 is 0 Å². The smallest absolute Gasteiger partial charge is 0.378 e. The van der Waals surface area contributed by atoms with Gasteiger partial charge >= 0.3 is 8.25 Å². The highest BCUT2D eigenvalue weighted by molar-refractivity contribution is 7.99. The van der Waals surface area contributed by atoms with Crippen LogP contribution in [-0.4, -0.2) is 35.7 Å². The molecule has 6 heteroatoms. The molecule has 3 atom stereocenters. The van der Waals surface area contributed by atoms with Crippen LogP contribution in [0.1, 0.15) is 117 Å². The van der Waals surface area contributed by atoms with Gasteiger partial charge in [0, 0.05) is 11.2 Å². The van der Waals surface area contributed by atoms with Crippen LogP contribution in [0.25, 0.3) is 0 Å². The summed E-state index contributed by atoms with van der Waals surface area (Å²) in [7, 11) is -2.45. The number of hydrogen-bond acceptors (Lipinski definition) is 4. The van der Waals surface area contributed by atoms with Crippen molar-refractivity contribution in [2.45, 2.75) is 123 Å². The third kappa shape index (κ3) is 15.7. The molecule has 1 N–H and O–H groups in total. The van der Waals surface area contributed by atoms with E-state index in [4.69, 9.17) is 14.2 Å². The van der Waals surface area contributed by atoms with Gasteiger partial charge in [0.2, 0.25) is 0 Å². The predicted molar refractivity (Wildman–Crippen MR) is 135 cm³/mol. The van der Waals surface area contributed by atoms with Crippen molar-refractivity contribution in [1.82, 2.24) is 0 Å². The average Bonchev–Trinajstić information content (AvgIpc) is 2.77. The number of hydrogen-bond donors (Lipinski definition) is 1. The lowest BCUT2D eigenvalue weighted by Crippen LogP contribution is -2.34. The van der Waals surface area contributed by atoms with Crippen LogP contribution < -0.4 is 0 Å². The summed E-state index contributed by atoms with van der Waals surface area (Å²) in [6, 6.07) is 0. The van der Waals surface area contributed by atoms with E-state index in [-0.39, 0.29) is 0 Å². The molecule has 0 spiro atoms. The summed E-state index contributed by atoms with van der Waals surface area (Å²) in [4.78, 5) is 8.75. The van der Waals surface area contributed by atoms with Gasteiger partial charge < -0.3 is 4.74 Å². The van der Waals surface area contributed by atoms with Gasteiger partial charge in [-0.25, -0.2) is 0 Å². The third-order valence-corrected chi connectivity index (χ3v) is 8.18. The van der Waals surface area contributed by atoms with Crippen molar-refractivity contribution in [2.24, 2.45) is 11.8 Å². The lowest BCUT2D eigenvalue weighted by atomic mass is 9.77. The van der Waals surface area contributed by atoms with E-state index in [0.717, 1.165) is 30.5 Å². The summed E-state index contributed by atoms with van der Waals surface area (Å²) in [6.07, 6.45) is 21.2. The molecule has 1 rings (SSSR count). The van der Waals surface area contributed by atoms with Gasteiger partial charge in [0.1, 0.15) is 6.61 Å². The molecule has 0 bridgehead atoms. The van der Waals surface area contributed by atoms with Crippen molar-refractivity contribution in [3.63, 3.8) is 0 Å². The van der Waals surface area contributed by atoms with Crippen LogP contribution in [0.15, 0.2) is 0 Å². The Morgan fingerprint density at radius 2 is 1.58 bits per heavy atom. The average molecular weight is 478 g/mol. The second kappa shape index (κ2) is 20.9. The first-order chi connectivity index (χ1) is 15.2. The molecular weight excluding hydrogens is 427 g/mol. The monoisotopic (exact) mass is 477 g/mol. The van der Waals surface area contributed by atoms with E-state index in [1.807, 2.05) is 11.8 Å². The van der Waals surface area contributed by atoms with Gasteiger partial charge in [-0.05, 0) is 42.6 Å². The molecule has 0 aliphatic heterocycles. The van der Waals surface area contributed by atoms with Crippen LogP contribution in [0, 0.1) is 11.8 Å². The fourth-order valence-electron chi connectivity index (χ4n) is 4.81. The maximum absolute atomic E-state index is 10.6. The zero-order valence-corrected chi connectivity index (χ0v) is 22.1. The van der Waals surface area contributed by atoms with Gasteiger partial charge in [-0.2, -0.15) is 11.8 Å². The van der Waals surface area contributed by atoms with Gasteiger partial charge in [0.15, 0.2) is 0 Å². The van der Waals surface area contributed by atoms with Crippen molar-refractivity contribution in [3.8, 4) is 0 Å². The molecule has 0 aromatic heterocycles. The molecule has 4 nitrogen and oxygen atoms in total. The van der Waals surface area contributed by atoms with Gasteiger partial charge in [-0.15, -0.1) is 9.42 Å². The zero-order chi connectivity index (χ0) is 22.6. The quantitative estimate of drug-likeness (QED) is 0.133. The topological polar surface area (TPSA) is 55.8 Å². The van der Waals surface area contributed by atoms with Gasteiger partial charge in [-0.1, -0.05) is 97.3 Å². The van der Waals surface area contributed by atoms with Crippen LogP contribution in [-0.2, 0) is 13.8 Å². The first kappa shape index (κ1) is 29.4. The Hall–Kier alpha value is 0.330. The minimum atomic E-state index is -2.45. The molecule has 0 heterocycles. The van der Waals surface area contributed by atoms with Crippen molar-refractivity contribution in [2.75, 3.05) is 24.7 Å². The first-order valence-corrected chi connectivity index (χ1v) is 15.5. The summed E-state index contributed by atoms with van der Waals surface area (Å²) in [6.45, 7) is 5.86. The SMILES string of the molecule is CCCCCCCCCCOC(CCC)C(CSCCCO[P+](=O)O)C1CCCCC1. The van der Waals surface area contributed by atoms with E-state index in [1.54, 1.807) is 0 Å². The van der Waals surface area contributed by atoms with Crippen molar-refractivity contribution in [3.05, 3.63) is 0 Å². The highest BCUT2D eigenvalue weighted by Gasteiger charge is 2.30. The Kier molecular flexibility index (Phi) is 19.8. The van der Waals surface area contributed by atoms with Gasteiger partial charge in [0.05, 0.1) is 6.10 Å². The van der Waals surface area contributed by atoms with E-state index in [9.17, 15) is 4.57 Å². The summed E-state index contributed by atoms with van der Waals surface area (Å²) in [5, 5.41) is 0. The maximum atomic E-state index is 10.6. The largest absolute Gasteiger partial charge is 0.694 e. The molecule has 3 unspecified atom stereocenters. The minimum absolute atomic E-state index is 0.375. The Bertz CT molecular complexity index is 418. The van der Waals surface area contributed by atoms with Crippen molar-refractivity contribution < 1.29 is 18.7 Å². The van der Waals surface area contributed by atoms with Crippen LogP contribution >= 0.6 is 20.0 Å². The summed E-state index contributed by atoms with van der Waals surface area (Å²) in [5.41, 5.74) is 0. The number of rotatable bonds is 21. The van der Waals surface area contributed by atoms with Crippen LogP contribution in [0.4, 0.5) is 0 Å². The molecule has 184 valence electrons. The number of thioether (sulfide) groups is 1. The van der Waals surface area contributed by atoms with E-state index in [2.05, 4.69) is 13.8 Å². The predicted octanol–water partition coefficient (Wildman–Crippen LogP) is 8.30. The highest BCUT2D eigenvalue weighted by atomic mass is 32.2. The summed E-state index contributed by atoms with van der Waals surface area (Å²) >= 11 is 1.98. The Labute approximate surface area is 198 Å². The van der Waals surface area contributed by atoms with Gasteiger partial charge in [0.25, 0.3) is 0 Å². The zero-order valence-electron chi connectivity index (χ0n) is 20.4. The van der Waals surface area contributed by atoms with Crippen molar-refractivity contribution >= 4 is 20.0 Å². The molecule has 1 saturated carbocycles. The standard InChI is InChI=1S/C25H49O4PS/c1-3-5-6-7-8-9-10-14-19-28-25(16-4-2)24(23-17-12-11-13-18-23)22-31-21-15-20-29-30(26)27/h23-25H,3-22H2,1-2H3/p+1. The molecule has 0 saturated heterocycles. The minimum Gasteiger partial charge on any atom is -0.378 e. The third-order valence-electron chi connectivity index (χ3n) is 6.58. The molecule has 1 aliphatic rings. The second-order valence-corrected chi connectivity index (χ2v) is 11.1. The molecule has 31 heavy (non-hydrogen) atoms. The lowest BCUT2D eigenvalue weighted by molar-refractivity contribution is -0.0124. The summed E-state index contributed by atoms with van der Waals surface area (Å²) < 4.78 is 22.0. The fraction of sp³-hybridized carbons (Fsp3) is 1.00. The molecule has 0 radical (unpaired) electrons. The van der Waals surface area contributed by atoms with E-state index in [1.165, 1.54) is 96.3 Å². The van der Waals surface area contributed by atoms with Crippen molar-refractivity contribution in [1.29, 1.82) is 0 Å². The molecule has 1 aliphatic carbocycles. The molecule has 0 aromatic carbocycles. The Balaban J connectivity index is 2.38. The van der Waals surface area contributed by atoms with Gasteiger partial charge in [-0.3, -0.25) is 0 Å². The molecule has 0 amide bonds. The van der Waals surface area contributed by atoms with Crippen LogP contribution in [0.3, 0.4) is 0 Å². The number of ether oxygens (including phenoxy) is 1. The van der Waals surface area contributed by atoms with E-state index < -0.39 is 8.25 Å². The Morgan fingerprint density at radius 1 is 0.903 bits per heavy atom. The molecule has 0 aromatic rings. The lowest BCUT2D eigenvalue weighted by Gasteiger charge is -2.36. The first-order valence-electron chi connectivity index (χ1n) is 13.2. The van der Waals surface area contributed by atoms with E-state index in [0.29, 0.717) is 18.6 Å². The molecule has 1 fully saturated rings. The maximum Gasteiger partial charge on any atom is 0.694 e. The second-order valence-electron chi connectivity index (χ2n) is 9.23. The highest BCUT2D eigenvalue weighted by Crippen LogP contribution is 2.36. The number of unbranched alkanes of at least 4 members (excludes halogenated alkanes) is 7. The molecular formula is C25H50O4PS+. The summed E-state index contributed by atoms with van der Waals surface area (Å²) in [5.74, 6) is 3.59. The Morgan fingerprint density at radius 3 is 2.23 bits per heavy atom. The van der Waals surface area contributed by atoms with Crippen LogP contribution in [0.2, 0.25) is 0 Å². The normalized spacial score (nSPS) is 17.6. The van der Waals surface area contributed by atoms with Crippen LogP contribution in [0.5, 0.6) is 0 Å². The fourth-order valence-corrected chi connectivity index (χ4v) is 6.34.